The molecular formula is C21H25N7O. The average molecular weight is 391 g/mol. The first-order valence-corrected chi connectivity index (χ1v) is 10.4. The van der Waals surface area contributed by atoms with Gasteiger partial charge in [0.1, 0.15) is 12.1 Å². The summed E-state index contributed by atoms with van der Waals surface area (Å²) in [5.74, 6) is 0.954. The van der Waals surface area contributed by atoms with E-state index in [4.69, 9.17) is 0 Å². The Hall–Kier alpha value is -2.87. The maximum Gasteiger partial charge on any atom is 0.267 e. The van der Waals surface area contributed by atoms with Crippen LogP contribution in [0.25, 0.3) is 11.0 Å². The molecule has 0 unspecified atom stereocenters. The third kappa shape index (κ3) is 3.72. The molecule has 150 valence electrons. The summed E-state index contributed by atoms with van der Waals surface area (Å²) in [5, 5.41) is 5.63. The van der Waals surface area contributed by atoms with Crippen LogP contribution in [0.2, 0.25) is 0 Å². The van der Waals surface area contributed by atoms with Crippen LogP contribution in [0.1, 0.15) is 24.1 Å². The number of aryl methyl sites for hydroxylation is 2. The van der Waals surface area contributed by atoms with Crippen molar-refractivity contribution >= 4 is 16.9 Å². The molecule has 0 N–H and O–H groups in total. The summed E-state index contributed by atoms with van der Waals surface area (Å²) in [6.45, 7) is 5.15. The van der Waals surface area contributed by atoms with Gasteiger partial charge < -0.3 is 4.90 Å². The van der Waals surface area contributed by atoms with E-state index in [2.05, 4.69) is 29.9 Å². The first-order valence-electron chi connectivity index (χ1n) is 10.4. The highest BCUT2D eigenvalue weighted by Crippen LogP contribution is 2.22. The van der Waals surface area contributed by atoms with E-state index in [0.29, 0.717) is 6.54 Å². The molecule has 0 amide bonds. The third-order valence-corrected chi connectivity index (χ3v) is 5.96. The Morgan fingerprint density at radius 3 is 2.72 bits per heavy atom. The van der Waals surface area contributed by atoms with Gasteiger partial charge in [-0.3, -0.25) is 9.69 Å². The molecule has 29 heavy (non-hydrogen) atoms. The number of fused-ring (bicyclic) bond motifs is 2. The number of nitrogens with zero attached hydrogens (tertiary/aromatic N) is 7. The molecule has 8 nitrogen and oxygen atoms in total. The maximum absolute atomic E-state index is 12.4. The topological polar surface area (TPSA) is 80.0 Å². The van der Waals surface area contributed by atoms with Gasteiger partial charge in [-0.05, 0) is 43.4 Å². The Balaban J connectivity index is 1.22. The molecule has 1 aliphatic heterocycles. The third-order valence-electron chi connectivity index (χ3n) is 5.96. The average Bonchev–Trinajstić information content (AvgIpc) is 2.78. The highest BCUT2D eigenvalue weighted by Gasteiger charge is 2.20. The lowest BCUT2D eigenvalue weighted by Crippen LogP contribution is -2.48. The second-order valence-electron chi connectivity index (χ2n) is 7.79. The lowest BCUT2D eigenvalue weighted by molar-refractivity contribution is 0.242. The summed E-state index contributed by atoms with van der Waals surface area (Å²) < 4.78 is 1.65. The number of rotatable bonds is 4. The van der Waals surface area contributed by atoms with E-state index in [9.17, 15) is 4.79 Å². The SMILES string of the molecule is O=c1cc2c(nn1CCN1CCN(c3ncnc4ncccc34)CC1)CCCC2. The molecule has 0 saturated carbocycles. The predicted molar refractivity (Wildman–Crippen MR) is 111 cm³/mol. The molecule has 8 heteroatoms. The number of aromatic nitrogens is 5. The van der Waals surface area contributed by atoms with Crippen LogP contribution in [-0.2, 0) is 19.4 Å². The van der Waals surface area contributed by atoms with Gasteiger partial charge >= 0.3 is 0 Å². The maximum atomic E-state index is 12.4. The summed E-state index contributed by atoms with van der Waals surface area (Å²) in [4.78, 5) is 30.2. The van der Waals surface area contributed by atoms with Crippen molar-refractivity contribution in [1.29, 1.82) is 0 Å². The fraction of sp³-hybridized carbons (Fsp3) is 0.476. The van der Waals surface area contributed by atoms with Gasteiger partial charge in [-0.25, -0.2) is 19.6 Å². The lowest BCUT2D eigenvalue weighted by Gasteiger charge is -2.35. The highest BCUT2D eigenvalue weighted by molar-refractivity contribution is 5.86. The predicted octanol–water partition coefficient (Wildman–Crippen LogP) is 1.28. The quantitative estimate of drug-likeness (QED) is 0.663. The fourth-order valence-electron chi connectivity index (χ4n) is 4.31. The highest BCUT2D eigenvalue weighted by atomic mass is 16.1. The molecule has 0 spiro atoms. The molecule has 1 fully saturated rings. The molecule has 0 aromatic carbocycles. The summed E-state index contributed by atoms with van der Waals surface area (Å²) in [6.07, 6.45) is 7.68. The second-order valence-corrected chi connectivity index (χ2v) is 7.79. The van der Waals surface area contributed by atoms with Gasteiger partial charge in [-0.1, -0.05) is 0 Å². The fourth-order valence-corrected chi connectivity index (χ4v) is 4.31. The van der Waals surface area contributed by atoms with Crippen molar-refractivity contribution in [3.8, 4) is 0 Å². The van der Waals surface area contributed by atoms with Crippen LogP contribution in [-0.4, -0.2) is 62.4 Å². The normalized spacial score (nSPS) is 17.4. The molecule has 3 aromatic heterocycles. The zero-order chi connectivity index (χ0) is 19.6. The largest absolute Gasteiger partial charge is 0.353 e. The van der Waals surface area contributed by atoms with E-state index >= 15 is 0 Å². The van der Waals surface area contributed by atoms with Crippen LogP contribution in [0.3, 0.4) is 0 Å². The van der Waals surface area contributed by atoms with Crippen LogP contribution in [0.15, 0.2) is 35.5 Å². The van der Waals surface area contributed by atoms with Crippen molar-refractivity contribution in [3.63, 3.8) is 0 Å². The number of pyridine rings is 1. The smallest absolute Gasteiger partial charge is 0.267 e. The first-order chi connectivity index (χ1) is 14.3. The monoisotopic (exact) mass is 391 g/mol. The Morgan fingerprint density at radius 1 is 0.966 bits per heavy atom. The van der Waals surface area contributed by atoms with Crippen LogP contribution >= 0.6 is 0 Å². The number of hydrogen-bond acceptors (Lipinski definition) is 7. The zero-order valence-electron chi connectivity index (χ0n) is 16.5. The van der Waals surface area contributed by atoms with Crippen LogP contribution in [0, 0.1) is 0 Å². The molecule has 1 saturated heterocycles. The second kappa shape index (κ2) is 7.87. The number of hydrogen-bond donors (Lipinski definition) is 0. The first kappa shape index (κ1) is 18.2. The van der Waals surface area contributed by atoms with Crippen LogP contribution in [0.4, 0.5) is 5.82 Å². The van der Waals surface area contributed by atoms with E-state index in [1.165, 1.54) is 12.8 Å². The van der Waals surface area contributed by atoms with E-state index in [1.807, 2.05) is 12.1 Å². The lowest BCUT2D eigenvalue weighted by atomic mass is 9.97. The molecule has 0 atom stereocenters. The molecule has 3 aromatic rings. The van der Waals surface area contributed by atoms with Gasteiger partial charge in [-0.15, -0.1) is 0 Å². The van der Waals surface area contributed by atoms with E-state index in [-0.39, 0.29) is 5.56 Å². The molecule has 2 aliphatic rings. The molecule has 4 heterocycles. The van der Waals surface area contributed by atoms with Gasteiger partial charge in [0, 0.05) is 45.0 Å². The molecule has 0 bridgehead atoms. The van der Waals surface area contributed by atoms with Gasteiger partial charge in [0.15, 0.2) is 5.65 Å². The summed E-state index contributed by atoms with van der Waals surface area (Å²) in [6, 6.07) is 5.75. The number of anilines is 1. The summed E-state index contributed by atoms with van der Waals surface area (Å²) >= 11 is 0. The van der Waals surface area contributed by atoms with Crippen molar-refractivity contribution in [2.75, 3.05) is 37.6 Å². The molecular weight excluding hydrogens is 366 g/mol. The van der Waals surface area contributed by atoms with Crippen molar-refractivity contribution in [2.24, 2.45) is 0 Å². The van der Waals surface area contributed by atoms with Crippen molar-refractivity contribution in [1.82, 2.24) is 29.6 Å². The van der Waals surface area contributed by atoms with E-state index < -0.39 is 0 Å². The van der Waals surface area contributed by atoms with Crippen LogP contribution < -0.4 is 10.5 Å². The zero-order valence-corrected chi connectivity index (χ0v) is 16.5. The Labute approximate surface area is 169 Å². The van der Waals surface area contributed by atoms with Gasteiger partial charge in [0.05, 0.1) is 17.6 Å². The summed E-state index contributed by atoms with van der Waals surface area (Å²) in [5.41, 5.74) is 3.03. The molecule has 0 radical (unpaired) electrons. The van der Waals surface area contributed by atoms with Crippen LogP contribution in [0.5, 0.6) is 0 Å². The molecule has 1 aliphatic carbocycles. The molecule has 5 rings (SSSR count). The van der Waals surface area contributed by atoms with Crippen molar-refractivity contribution in [3.05, 3.63) is 52.3 Å². The van der Waals surface area contributed by atoms with E-state index in [1.54, 1.807) is 23.3 Å². The van der Waals surface area contributed by atoms with Crippen molar-refractivity contribution in [2.45, 2.75) is 32.2 Å². The Kier molecular flexibility index (Phi) is 4.93. The Bertz CT molecular complexity index is 1070. The number of piperazine rings is 1. The standard InChI is InChI=1S/C21H25N7O/c29-19-14-16-4-1-2-6-18(16)25-28(19)13-10-26-8-11-27(12-9-26)21-17-5-3-7-22-20(17)23-15-24-21/h3,5,7,14-15H,1-2,4,6,8-13H2. The minimum Gasteiger partial charge on any atom is -0.353 e. The minimum atomic E-state index is 0.0317. The summed E-state index contributed by atoms with van der Waals surface area (Å²) in [7, 11) is 0. The minimum absolute atomic E-state index is 0.0317. The Morgan fingerprint density at radius 2 is 1.83 bits per heavy atom. The van der Waals surface area contributed by atoms with Gasteiger partial charge in [-0.2, -0.15) is 5.10 Å². The van der Waals surface area contributed by atoms with Gasteiger partial charge in [0.25, 0.3) is 5.56 Å². The van der Waals surface area contributed by atoms with Gasteiger partial charge in [0.2, 0.25) is 0 Å². The van der Waals surface area contributed by atoms with Crippen molar-refractivity contribution < 1.29 is 0 Å². The van der Waals surface area contributed by atoms with E-state index in [0.717, 1.165) is 73.7 Å².